The number of allylic oxidation sites excluding steroid dienone is 4. The quantitative estimate of drug-likeness (QED) is 0.566. The van der Waals surface area contributed by atoms with Crippen molar-refractivity contribution in [3.05, 3.63) is 77.9 Å². The van der Waals surface area contributed by atoms with Gasteiger partial charge in [-0.15, -0.1) is 0 Å². The normalized spacial score (nSPS) is 13.5. The minimum Gasteiger partial charge on any atom is -0.399 e. The molecular formula is C19H19N3. The molecule has 0 spiro atoms. The van der Waals surface area contributed by atoms with Gasteiger partial charge in [-0.2, -0.15) is 0 Å². The number of anilines is 3. The van der Waals surface area contributed by atoms with Crippen molar-refractivity contribution in [2.75, 3.05) is 11.1 Å². The maximum absolute atomic E-state index is 8.49. The van der Waals surface area contributed by atoms with Gasteiger partial charge in [0.15, 0.2) is 0 Å². The Morgan fingerprint density at radius 1 is 1.00 bits per heavy atom. The van der Waals surface area contributed by atoms with E-state index in [4.69, 9.17) is 11.1 Å². The average Bonchev–Trinajstić information content (AvgIpc) is 2.58. The number of nitrogens with one attached hydrogen (secondary N) is 2. The van der Waals surface area contributed by atoms with Crippen LogP contribution in [0.5, 0.6) is 0 Å². The molecule has 0 atom stereocenters. The molecule has 0 aliphatic heterocycles. The molecule has 0 fully saturated rings. The number of nitrogens with two attached hydrogens (primary N) is 1. The van der Waals surface area contributed by atoms with Gasteiger partial charge in [-0.05, 0) is 48.7 Å². The fourth-order valence-electron chi connectivity index (χ4n) is 2.49. The van der Waals surface area contributed by atoms with Crippen molar-refractivity contribution in [1.29, 1.82) is 5.41 Å². The molecule has 22 heavy (non-hydrogen) atoms. The van der Waals surface area contributed by atoms with Crippen molar-refractivity contribution >= 4 is 22.8 Å². The van der Waals surface area contributed by atoms with Gasteiger partial charge in [0.25, 0.3) is 0 Å². The molecular weight excluding hydrogens is 270 g/mol. The minimum atomic E-state index is 0.550. The lowest BCUT2D eigenvalue weighted by Gasteiger charge is -2.15. The van der Waals surface area contributed by atoms with Gasteiger partial charge in [-0.25, -0.2) is 0 Å². The number of benzene rings is 2. The van der Waals surface area contributed by atoms with Gasteiger partial charge in [-0.1, -0.05) is 36.4 Å². The molecule has 0 bridgehead atoms. The first-order chi connectivity index (χ1) is 10.7. The van der Waals surface area contributed by atoms with Gasteiger partial charge in [0.05, 0.1) is 5.71 Å². The number of hydrogen-bond acceptors (Lipinski definition) is 3. The second kappa shape index (κ2) is 6.31. The van der Waals surface area contributed by atoms with Crippen LogP contribution in [-0.2, 0) is 0 Å². The molecule has 3 nitrogen and oxygen atoms in total. The van der Waals surface area contributed by atoms with E-state index in [1.165, 1.54) is 0 Å². The van der Waals surface area contributed by atoms with Crippen molar-refractivity contribution in [2.24, 2.45) is 0 Å². The third-order valence-corrected chi connectivity index (χ3v) is 3.67. The zero-order chi connectivity index (χ0) is 15.4. The minimum absolute atomic E-state index is 0.550. The molecule has 3 heteroatoms. The van der Waals surface area contributed by atoms with Crippen LogP contribution in [0.2, 0.25) is 0 Å². The van der Waals surface area contributed by atoms with Crippen LogP contribution >= 0.6 is 0 Å². The van der Waals surface area contributed by atoms with Crippen LogP contribution in [0.3, 0.4) is 0 Å². The highest BCUT2D eigenvalue weighted by Gasteiger charge is 2.11. The van der Waals surface area contributed by atoms with Crippen molar-refractivity contribution in [3.8, 4) is 0 Å². The third kappa shape index (κ3) is 3.09. The lowest BCUT2D eigenvalue weighted by atomic mass is 9.96. The van der Waals surface area contributed by atoms with Crippen molar-refractivity contribution in [3.63, 3.8) is 0 Å². The summed E-state index contributed by atoms with van der Waals surface area (Å²) in [5, 5.41) is 11.9. The van der Waals surface area contributed by atoms with Crippen LogP contribution in [0, 0.1) is 5.41 Å². The molecule has 3 rings (SSSR count). The predicted molar refractivity (Wildman–Crippen MR) is 93.9 cm³/mol. The summed E-state index contributed by atoms with van der Waals surface area (Å²) in [6, 6.07) is 15.5. The van der Waals surface area contributed by atoms with Crippen molar-refractivity contribution < 1.29 is 0 Å². The largest absolute Gasteiger partial charge is 0.399 e. The molecule has 2 aromatic carbocycles. The van der Waals surface area contributed by atoms with E-state index in [1.54, 1.807) is 0 Å². The third-order valence-electron chi connectivity index (χ3n) is 3.67. The highest BCUT2D eigenvalue weighted by molar-refractivity contribution is 6.15. The number of rotatable bonds is 4. The van der Waals surface area contributed by atoms with Crippen LogP contribution in [-0.4, -0.2) is 5.71 Å². The molecule has 1 aliphatic rings. The summed E-state index contributed by atoms with van der Waals surface area (Å²) in [7, 11) is 0. The molecule has 0 saturated heterocycles. The second-order valence-electron chi connectivity index (χ2n) is 5.31. The van der Waals surface area contributed by atoms with Crippen LogP contribution in [0.15, 0.2) is 72.3 Å². The molecule has 1 aliphatic carbocycles. The van der Waals surface area contributed by atoms with E-state index in [0.717, 1.165) is 41.0 Å². The molecule has 0 unspecified atom stereocenters. The first kappa shape index (κ1) is 14.1. The SMILES string of the molecule is N=C(C1=CCCC=C1)c1ccccc1Nc1ccc(N)cc1. The van der Waals surface area contributed by atoms with Crippen LogP contribution in [0.25, 0.3) is 0 Å². The molecule has 0 aromatic heterocycles. The predicted octanol–water partition coefficient (Wildman–Crippen LogP) is 4.66. The fourth-order valence-corrected chi connectivity index (χ4v) is 2.49. The Labute approximate surface area is 130 Å². The average molecular weight is 289 g/mol. The van der Waals surface area contributed by atoms with Crippen LogP contribution in [0.4, 0.5) is 17.1 Å². The summed E-state index contributed by atoms with van der Waals surface area (Å²) in [4.78, 5) is 0. The van der Waals surface area contributed by atoms with Gasteiger partial charge in [0.1, 0.15) is 0 Å². The van der Waals surface area contributed by atoms with Gasteiger partial charge in [-0.3, -0.25) is 5.41 Å². The topological polar surface area (TPSA) is 61.9 Å². The van der Waals surface area contributed by atoms with E-state index in [0.29, 0.717) is 5.71 Å². The Hall–Kier alpha value is -2.81. The van der Waals surface area contributed by atoms with Gasteiger partial charge in [0.2, 0.25) is 0 Å². The molecule has 0 amide bonds. The fraction of sp³-hybridized carbons (Fsp3) is 0.105. The highest BCUT2D eigenvalue weighted by Crippen LogP contribution is 2.25. The maximum Gasteiger partial charge on any atom is 0.0702 e. The Morgan fingerprint density at radius 3 is 2.50 bits per heavy atom. The zero-order valence-electron chi connectivity index (χ0n) is 12.3. The summed E-state index contributed by atoms with van der Waals surface area (Å²) >= 11 is 0. The Bertz CT molecular complexity index is 740. The number of para-hydroxylation sites is 1. The summed E-state index contributed by atoms with van der Waals surface area (Å²) in [5.74, 6) is 0. The van der Waals surface area contributed by atoms with E-state index < -0.39 is 0 Å². The molecule has 110 valence electrons. The first-order valence-electron chi connectivity index (χ1n) is 7.41. The van der Waals surface area contributed by atoms with Crippen molar-refractivity contribution in [1.82, 2.24) is 0 Å². The van der Waals surface area contributed by atoms with Gasteiger partial charge >= 0.3 is 0 Å². The second-order valence-corrected chi connectivity index (χ2v) is 5.31. The maximum atomic E-state index is 8.49. The van der Waals surface area contributed by atoms with Crippen molar-refractivity contribution in [2.45, 2.75) is 12.8 Å². The molecule has 2 aromatic rings. The number of hydrogen-bond donors (Lipinski definition) is 3. The van der Waals surface area contributed by atoms with E-state index >= 15 is 0 Å². The van der Waals surface area contributed by atoms with Crippen LogP contribution in [0.1, 0.15) is 18.4 Å². The Kier molecular flexibility index (Phi) is 4.05. The lowest BCUT2D eigenvalue weighted by Crippen LogP contribution is -2.07. The van der Waals surface area contributed by atoms with E-state index in [1.807, 2.05) is 54.6 Å². The summed E-state index contributed by atoms with van der Waals surface area (Å²) in [5.41, 5.74) is 10.8. The Morgan fingerprint density at radius 2 is 1.77 bits per heavy atom. The monoisotopic (exact) mass is 289 g/mol. The highest BCUT2D eigenvalue weighted by atomic mass is 14.9. The van der Waals surface area contributed by atoms with E-state index in [-0.39, 0.29) is 0 Å². The Balaban J connectivity index is 1.89. The smallest absolute Gasteiger partial charge is 0.0702 e. The first-order valence-corrected chi connectivity index (χ1v) is 7.41. The van der Waals surface area contributed by atoms with Gasteiger partial charge < -0.3 is 11.1 Å². The molecule has 0 saturated carbocycles. The molecule has 0 radical (unpaired) electrons. The summed E-state index contributed by atoms with van der Waals surface area (Å²) in [6.45, 7) is 0. The summed E-state index contributed by atoms with van der Waals surface area (Å²) < 4.78 is 0. The molecule has 0 heterocycles. The summed E-state index contributed by atoms with van der Waals surface area (Å²) in [6.07, 6.45) is 8.35. The van der Waals surface area contributed by atoms with Gasteiger partial charge in [0, 0.05) is 22.6 Å². The standard InChI is InChI=1S/C19H19N3/c20-15-10-12-16(13-11-15)22-18-9-5-4-8-17(18)19(21)14-6-2-1-3-7-14/h2,4-13,21-22H,1,3,20H2. The number of nitrogen functional groups attached to an aromatic ring is 1. The van der Waals surface area contributed by atoms with Crippen LogP contribution < -0.4 is 11.1 Å². The lowest BCUT2D eigenvalue weighted by molar-refractivity contribution is 1.03. The van der Waals surface area contributed by atoms with E-state index in [9.17, 15) is 0 Å². The zero-order valence-corrected chi connectivity index (χ0v) is 12.3. The van der Waals surface area contributed by atoms with E-state index in [2.05, 4.69) is 17.5 Å². The molecule has 4 N–H and O–H groups in total.